The summed E-state index contributed by atoms with van der Waals surface area (Å²) < 4.78 is 0. The lowest BCUT2D eigenvalue weighted by Gasteiger charge is -2.26. The van der Waals surface area contributed by atoms with E-state index in [0.29, 0.717) is 12.5 Å². The molecule has 0 aliphatic carbocycles. The van der Waals surface area contributed by atoms with E-state index in [0.717, 1.165) is 31.4 Å². The maximum absolute atomic E-state index is 12.1. The molecule has 1 aliphatic heterocycles. The summed E-state index contributed by atoms with van der Waals surface area (Å²) in [5, 5.41) is 0.724. The van der Waals surface area contributed by atoms with E-state index >= 15 is 0 Å². The van der Waals surface area contributed by atoms with Crippen molar-refractivity contribution in [1.82, 2.24) is 9.80 Å². The molecule has 1 atom stereocenters. The van der Waals surface area contributed by atoms with Gasteiger partial charge >= 0.3 is 0 Å². The Morgan fingerprint density at radius 2 is 2.00 bits per heavy atom. The van der Waals surface area contributed by atoms with Crippen LogP contribution >= 0.6 is 11.8 Å². The molecule has 0 aromatic carbocycles. The summed E-state index contributed by atoms with van der Waals surface area (Å²) in [7, 11) is 0. The number of nitrogens with zero attached hydrogens (tertiary/aromatic N) is 2. The third kappa shape index (κ3) is 5.19. The third-order valence-corrected chi connectivity index (χ3v) is 4.78. The Morgan fingerprint density at radius 3 is 2.61 bits per heavy atom. The molecule has 0 bridgehead atoms. The molecule has 0 aromatic rings. The number of likely N-dealkylation sites (N-methyl/N-ethyl adjacent to an activating group) is 1. The normalized spacial score (nSPS) is 21.6. The van der Waals surface area contributed by atoms with Crippen LogP contribution in [0.15, 0.2) is 0 Å². The standard InChI is InChI=1S/C14H28N2OS/c1-4-16(5-2)14(17)12-15-10-8-7-9-13(11-15)18-6-3/h13H,4-12H2,1-3H3. The highest BCUT2D eigenvalue weighted by Gasteiger charge is 2.21. The van der Waals surface area contributed by atoms with Crippen LogP contribution < -0.4 is 0 Å². The van der Waals surface area contributed by atoms with Crippen LogP contribution in [-0.2, 0) is 4.79 Å². The van der Waals surface area contributed by atoms with Crippen molar-refractivity contribution >= 4 is 17.7 Å². The zero-order valence-corrected chi connectivity index (χ0v) is 13.0. The maximum atomic E-state index is 12.1. The summed E-state index contributed by atoms with van der Waals surface area (Å²) in [5.41, 5.74) is 0. The van der Waals surface area contributed by atoms with Crippen LogP contribution in [0, 0.1) is 0 Å². The third-order valence-electron chi connectivity index (χ3n) is 3.59. The quantitative estimate of drug-likeness (QED) is 0.742. The summed E-state index contributed by atoms with van der Waals surface area (Å²) in [6.45, 7) is 10.8. The zero-order chi connectivity index (χ0) is 13.4. The molecule has 1 heterocycles. The molecule has 0 aromatic heterocycles. The Kier molecular flexibility index (Phi) is 7.75. The Hall–Kier alpha value is -0.220. The fourth-order valence-electron chi connectivity index (χ4n) is 2.56. The van der Waals surface area contributed by atoms with Crippen molar-refractivity contribution in [2.24, 2.45) is 0 Å². The summed E-state index contributed by atoms with van der Waals surface area (Å²) in [6, 6.07) is 0. The van der Waals surface area contributed by atoms with Crippen molar-refractivity contribution in [2.75, 3.05) is 38.5 Å². The van der Waals surface area contributed by atoms with Crippen LogP contribution in [0.2, 0.25) is 0 Å². The second kappa shape index (κ2) is 8.81. The van der Waals surface area contributed by atoms with Gasteiger partial charge in [0.15, 0.2) is 0 Å². The molecule has 4 heteroatoms. The van der Waals surface area contributed by atoms with E-state index < -0.39 is 0 Å². The number of carbonyl (C=O) groups excluding carboxylic acids is 1. The van der Waals surface area contributed by atoms with Crippen LogP contribution in [0.5, 0.6) is 0 Å². The van der Waals surface area contributed by atoms with Crippen molar-refractivity contribution < 1.29 is 4.79 Å². The van der Waals surface area contributed by atoms with Gasteiger partial charge < -0.3 is 4.90 Å². The second-order valence-corrected chi connectivity index (χ2v) is 6.45. The molecule has 0 saturated carbocycles. The van der Waals surface area contributed by atoms with Crippen LogP contribution in [0.4, 0.5) is 0 Å². The Bertz CT molecular complexity index is 244. The minimum atomic E-state index is 0.294. The van der Waals surface area contributed by atoms with Gasteiger partial charge in [-0.3, -0.25) is 9.69 Å². The summed E-state index contributed by atoms with van der Waals surface area (Å²) in [4.78, 5) is 16.4. The predicted molar refractivity (Wildman–Crippen MR) is 80.1 cm³/mol. The molecular formula is C14H28N2OS. The lowest BCUT2D eigenvalue weighted by Crippen LogP contribution is -2.42. The van der Waals surface area contributed by atoms with E-state index in [1.807, 2.05) is 16.7 Å². The predicted octanol–water partition coefficient (Wildman–Crippen LogP) is 2.46. The van der Waals surface area contributed by atoms with E-state index in [1.165, 1.54) is 25.0 Å². The molecule has 1 unspecified atom stereocenters. The summed E-state index contributed by atoms with van der Waals surface area (Å²) >= 11 is 2.05. The molecule has 18 heavy (non-hydrogen) atoms. The highest BCUT2D eigenvalue weighted by atomic mass is 32.2. The van der Waals surface area contributed by atoms with Gasteiger partial charge in [-0.05, 0) is 39.0 Å². The zero-order valence-electron chi connectivity index (χ0n) is 12.2. The monoisotopic (exact) mass is 272 g/mol. The van der Waals surface area contributed by atoms with E-state index in [-0.39, 0.29) is 0 Å². The van der Waals surface area contributed by atoms with Crippen LogP contribution in [0.1, 0.15) is 40.0 Å². The fourth-order valence-corrected chi connectivity index (χ4v) is 3.68. The molecule has 1 rings (SSSR count). The first-order valence-corrected chi connectivity index (χ1v) is 8.37. The van der Waals surface area contributed by atoms with E-state index in [4.69, 9.17) is 0 Å². The SMILES string of the molecule is CCSC1CCCCN(CC(=O)N(CC)CC)C1. The summed E-state index contributed by atoms with van der Waals surface area (Å²) in [6.07, 6.45) is 3.87. The number of thioether (sulfide) groups is 1. The highest BCUT2D eigenvalue weighted by Crippen LogP contribution is 2.21. The van der Waals surface area contributed by atoms with Gasteiger partial charge in [-0.1, -0.05) is 13.3 Å². The average molecular weight is 272 g/mol. The Balaban J connectivity index is 2.45. The molecule has 1 amide bonds. The minimum Gasteiger partial charge on any atom is -0.342 e. The molecule has 1 fully saturated rings. The van der Waals surface area contributed by atoms with Crippen LogP contribution in [0.25, 0.3) is 0 Å². The second-order valence-electron chi connectivity index (χ2n) is 4.87. The van der Waals surface area contributed by atoms with Crippen molar-refractivity contribution in [3.63, 3.8) is 0 Å². The topological polar surface area (TPSA) is 23.6 Å². The van der Waals surface area contributed by atoms with Crippen molar-refractivity contribution in [3.8, 4) is 0 Å². The first-order valence-electron chi connectivity index (χ1n) is 7.32. The minimum absolute atomic E-state index is 0.294. The van der Waals surface area contributed by atoms with Crippen molar-refractivity contribution in [3.05, 3.63) is 0 Å². The lowest BCUT2D eigenvalue weighted by atomic mass is 10.2. The Morgan fingerprint density at radius 1 is 1.28 bits per heavy atom. The van der Waals surface area contributed by atoms with Gasteiger partial charge in [0.05, 0.1) is 6.54 Å². The highest BCUT2D eigenvalue weighted by molar-refractivity contribution is 7.99. The molecule has 3 nitrogen and oxygen atoms in total. The number of carbonyl (C=O) groups is 1. The number of amides is 1. The molecule has 0 spiro atoms. The number of hydrogen-bond donors (Lipinski definition) is 0. The lowest BCUT2D eigenvalue weighted by molar-refractivity contribution is -0.132. The molecule has 1 aliphatic rings. The van der Waals surface area contributed by atoms with E-state index in [9.17, 15) is 4.79 Å². The largest absolute Gasteiger partial charge is 0.342 e. The van der Waals surface area contributed by atoms with Crippen LogP contribution in [0.3, 0.4) is 0 Å². The first-order chi connectivity index (χ1) is 8.71. The molecule has 0 N–H and O–H groups in total. The average Bonchev–Trinajstić information content (AvgIpc) is 2.56. The smallest absolute Gasteiger partial charge is 0.236 e. The van der Waals surface area contributed by atoms with Gasteiger partial charge in [-0.25, -0.2) is 0 Å². The molecule has 106 valence electrons. The number of likely N-dealkylation sites (tertiary alicyclic amines) is 1. The van der Waals surface area contributed by atoms with E-state index in [2.05, 4.69) is 25.7 Å². The number of hydrogen-bond acceptors (Lipinski definition) is 3. The van der Waals surface area contributed by atoms with E-state index in [1.54, 1.807) is 0 Å². The molecule has 0 radical (unpaired) electrons. The Labute approximate surface area is 116 Å². The first kappa shape index (κ1) is 15.8. The maximum Gasteiger partial charge on any atom is 0.236 e. The number of rotatable bonds is 6. The van der Waals surface area contributed by atoms with Crippen molar-refractivity contribution in [1.29, 1.82) is 0 Å². The fraction of sp³-hybridized carbons (Fsp3) is 0.929. The van der Waals surface area contributed by atoms with Gasteiger partial charge in [0.1, 0.15) is 0 Å². The van der Waals surface area contributed by atoms with Gasteiger partial charge in [-0.2, -0.15) is 11.8 Å². The van der Waals surface area contributed by atoms with Gasteiger partial charge in [0.2, 0.25) is 5.91 Å². The van der Waals surface area contributed by atoms with Gasteiger partial charge in [0.25, 0.3) is 0 Å². The van der Waals surface area contributed by atoms with Crippen molar-refractivity contribution in [2.45, 2.75) is 45.3 Å². The molecular weight excluding hydrogens is 244 g/mol. The van der Waals surface area contributed by atoms with Crippen LogP contribution in [-0.4, -0.2) is 59.4 Å². The van der Waals surface area contributed by atoms with Gasteiger partial charge in [0, 0.05) is 24.9 Å². The van der Waals surface area contributed by atoms with Gasteiger partial charge in [-0.15, -0.1) is 0 Å². The molecule has 1 saturated heterocycles. The summed E-state index contributed by atoms with van der Waals surface area (Å²) in [5.74, 6) is 1.48.